The Morgan fingerprint density at radius 1 is 1.29 bits per heavy atom. The summed E-state index contributed by atoms with van der Waals surface area (Å²) >= 11 is 3.15. The molecule has 1 spiro atoms. The third kappa shape index (κ3) is 2.50. The summed E-state index contributed by atoms with van der Waals surface area (Å²) < 4.78 is 14.0. The topological polar surface area (TPSA) is 49.9 Å². The Kier molecular flexibility index (Phi) is 4.53. The summed E-state index contributed by atoms with van der Waals surface area (Å²) in [4.78, 5) is 32.9. The molecule has 2 fully saturated rings. The van der Waals surface area contributed by atoms with Gasteiger partial charge in [-0.15, -0.1) is 0 Å². The average molecular weight is 399 g/mol. The summed E-state index contributed by atoms with van der Waals surface area (Å²) in [6.07, 6.45) is 1.08. The average Bonchev–Trinajstić information content (AvgIpc) is 2.74. The zero-order valence-electron chi connectivity index (χ0n) is 13.9. The smallest absolute Gasteiger partial charge is 0.238 e. The van der Waals surface area contributed by atoms with Crippen LogP contribution in [0.2, 0.25) is 0 Å². The van der Waals surface area contributed by atoms with Gasteiger partial charge >= 0.3 is 0 Å². The van der Waals surface area contributed by atoms with Gasteiger partial charge in [0.2, 0.25) is 5.91 Å². The highest BCUT2D eigenvalue weighted by Crippen LogP contribution is 2.43. The number of carbonyl (C=O) groups is 2. The SMILES string of the molecule is CON1CCC2(CC1)C(=O)C(c1cc(Br)c(F)cc1C)C(=O)N2C. The lowest BCUT2D eigenvalue weighted by Crippen LogP contribution is -2.54. The number of carbonyl (C=O) groups excluding carboxylic acids is 2. The maximum Gasteiger partial charge on any atom is 0.238 e. The van der Waals surface area contributed by atoms with Crippen LogP contribution in [0.4, 0.5) is 4.39 Å². The Morgan fingerprint density at radius 2 is 1.92 bits per heavy atom. The van der Waals surface area contributed by atoms with Crippen molar-refractivity contribution < 1.29 is 18.8 Å². The van der Waals surface area contributed by atoms with Gasteiger partial charge in [0.25, 0.3) is 0 Å². The molecule has 2 aliphatic rings. The van der Waals surface area contributed by atoms with Crippen molar-refractivity contribution in [2.45, 2.75) is 31.2 Å². The molecule has 3 rings (SSSR count). The number of hydroxylamine groups is 2. The molecule has 2 heterocycles. The Balaban J connectivity index is 1.99. The van der Waals surface area contributed by atoms with Crippen molar-refractivity contribution in [2.75, 3.05) is 27.2 Å². The number of hydrogen-bond donors (Lipinski definition) is 0. The molecular weight excluding hydrogens is 379 g/mol. The third-order valence-electron chi connectivity index (χ3n) is 5.37. The van der Waals surface area contributed by atoms with Crippen LogP contribution in [0.5, 0.6) is 0 Å². The van der Waals surface area contributed by atoms with Crippen LogP contribution in [0.25, 0.3) is 0 Å². The first kappa shape index (κ1) is 17.5. The van der Waals surface area contributed by atoms with Gasteiger partial charge in [-0.25, -0.2) is 4.39 Å². The van der Waals surface area contributed by atoms with E-state index in [-0.39, 0.29) is 16.2 Å². The number of benzene rings is 1. The van der Waals surface area contributed by atoms with Gasteiger partial charge in [-0.3, -0.25) is 9.59 Å². The third-order valence-corrected chi connectivity index (χ3v) is 5.98. The fourth-order valence-electron chi connectivity index (χ4n) is 3.82. The van der Waals surface area contributed by atoms with Crippen molar-refractivity contribution in [2.24, 2.45) is 0 Å². The second kappa shape index (κ2) is 6.20. The van der Waals surface area contributed by atoms with E-state index in [4.69, 9.17) is 4.84 Å². The van der Waals surface area contributed by atoms with Gasteiger partial charge in [-0.05, 0) is 59.0 Å². The fourth-order valence-corrected chi connectivity index (χ4v) is 4.18. The molecule has 1 atom stereocenters. The Hall–Kier alpha value is -1.31. The Labute approximate surface area is 148 Å². The van der Waals surface area contributed by atoms with Crippen LogP contribution >= 0.6 is 15.9 Å². The Bertz CT molecular complexity index is 701. The zero-order valence-corrected chi connectivity index (χ0v) is 15.5. The van der Waals surface area contributed by atoms with Gasteiger partial charge in [0.1, 0.15) is 17.3 Å². The van der Waals surface area contributed by atoms with Crippen LogP contribution in [0, 0.1) is 12.7 Å². The van der Waals surface area contributed by atoms with Gasteiger partial charge < -0.3 is 9.74 Å². The van der Waals surface area contributed by atoms with Crippen LogP contribution in [-0.4, -0.2) is 54.4 Å². The maximum atomic E-state index is 13.7. The number of likely N-dealkylation sites (tertiary alicyclic amines) is 1. The van der Waals surface area contributed by atoms with Gasteiger partial charge in [0, 0.05) is 20.1 Å². The first-order chi connectivity index (χ1) is 11.3. The number of hydrogen-bond acceptors (Lipinski definition) is 4. The monoisotopic (exact) mass is 398 g/mol. The molecule has 1 aromatic rings. The second-order valence-electron chi connectivity index (χ2n) is 6.46. The zero-order chi connectivity index (χ0) is 17.6. The number of piperidine rings is 1. The molecule has 0 bridgehead atoms. The van der Waals surface area contributed by atoms with E-state index in [1.165, 1.54) is 6.07 Å². The van der Waals surface area contributed by atoms with Gasteiger partial charge in [-0.1, -0.05) is 0 Å². The minimum Gasteiger partial charge on any atom is -0.332 e. The van der Waals surface area contributed by atoms with E-state index in [1.807, 2.05) is 0 Å². The molecule has 2 saturated heterocycles. The predicted molar refractivity (Wildman–Crippen MR) is 89.9 cm³/mol. The van der Waals surface area contributed by atoms with E-state index < -0.39 is 17.3 Å². The van der Waals surface area contributed by atoms with Crippen molar-refractivity contribution in [1.82, 2.24) is 9.96 Å². The number of aryl methyl sites for hydroxylation is 1. The van der Waals surface area contributed by atoms with E-state index in [1.54, 1.807) is 37.1 Å². The molecule has 130 valence electrons. The van der Waals surface area contributed by atoms with E-state index in [9.17, 15) is 14.0 Å². The molecule has 0 radical (unpaired) electrons. The fraction of sp³-hybridized carbons (Fsp3) is 0.529. The first-order valence-corrected chi connectivity index (χ1v) is 8.67. The largest absolute Gasteiger partial charge is 0.332 e. The Morgan fingerprint density at radius 3 is 2.50 bits per heavy atom. The molecule has 0 aliphatic carbocycles. The van der Waals surface area contributed by atoms with Gasteiger partial charge in [0.15, 0.2) is 5.78 Å². The minimum absolute atomic E-state index is 0.0904. The number of amides is 1. The predicted octanol–water partition coefficient (Wildman–Crippen LogP) is 2.42. The summed E-state index contributed by atoms with van der Waals surface area (Å²) in [5.41, 5.74) is 0.405. The summed E-state index contributed by atoms with van der Waals surface area (Å²) in [5, 5.41) is 1.80. The molecule has 0 aromatic heterocycles. The molecule has 24 heavy (non-hydrogen) atoms. The van der Waals surface area contributed by atoms with Crippen LogP contribution < -0.4 is 0 Å². The standard InChI is InChI=1S/C17H20BrFN2O3/c1-10-8-13(19)12(18)9-11(10)14-15(22)17(20(2)16(14)23)4-6-21(24-3)7-5-17/h8-9,14H,4-7H2,1-3H3. The molecule has 0 N–H and O–H groups in total. The van der Waals surface area contributed by atoms with Crippen LogP contribution in [-0.2, 0) is 14.4 Å². The number of nitrogens with zero attached hydrogens (tertiary/aromatic N) is 2. The van der Waals surface area contributed by atoms with Crippen molar-refractivity contribution >= 4 is 27.6 Å². The number of rotatable bonds is 2. The minimum atomic E-state index is -0.860. The quantitative estimate of drug-likeness (QED) is 0.717. The number of Topliss-reactive ketones (excluding diaryl/α,β-unsaturated/α-hetero) is 1. The summed E-state index contributed by atoms with van der Waals surface area (Å²) in [6, 6.07) is 2.92. The molecule has 1 unspecified atom stereocenters. The van der Waals surface area contributed by atoms with E-state index in [0.717, 1.165) is 0 Å². The summed E-state index contributed by atoms with van der Waals surface area (Å²) in [6.45, 7) is 2.92. The second-order valence-corrected chi connectivity index (χ2v) is 7.31. The highest BCUT2D eigenvalue weighted by molar-refractivity contribution is 9.10. The lowest BCUT2D eigenvalue weighted by atomic mass is 9.80. The number of halogens is 2. The molecule has 1 aromatic carbocycles. The molecule has 2 aliphatic heterocycles. The molecule has 7 heteroatoms. The van der Waals surface area contributed by atoms with Crippen molar-refractivity contribution in [3.05, 3.63) is 33.5 Å². The highest BCUT2D eigenvalue weighted by Gasteiger charge is 2.58. The summed E-state index contributed by atoms with van der Waals surface area (Å²) in [7, 11) is 3.29. The lowest BCUT2D eigenvalue weighted by Gasteiger charge is -2.41. The number of likely N-dealkylation sites (N-methyl/N-ethyl adjacent to an activating group) is 1. The van der Waals surface area contributed by atoms with Crippen LogP contribution in [0.15, 0.2) is 16.6 Å². The van der Waals surface area contributed by atoms with Crippen molar-refractivity contribution in [3.8, 4) is 0 Å². The van der Waals surface area contributed by atoms with Crippen LogP contribution in [0.1, 0.15) is 29.9 Å². The first-order valence-electron chi connectivity index (χ1n) is 7.88. The van der Waals surface area contributed by atoms with Gasteiger partial charge in [0.05, 0.1) is 11.6 Å². The highest BCUT2D eigenvalue weighted by atomic mass is 79.9. The van der Waals surface area contributed by atoms with Crippen molar-refractivity contribution in [1.29, 1.82) is 0 Å². The van der Waals surface area contributed by atoms with Gasteiger partial charge in [-0.2, -0.15) is 5.06 Å². The van der Waals surface area contributed by atoms with E-state index >= 15 is 0 Å². The lowest BCUT2D eigenvalue weighted by molar-refractivity contribution is -0.165. The molecule has 5 nitrogen and oxygen atoms in total. The molecular formula is C17H20BrFN2O3. The van der Waals surface area contributed by atoms with Crippen molar-refractivity contribution in [3.63, 3.8) is 0 Å². The molecule has 1 amide bonds. The summed E-state index contributed by atoms with van der Waals surface area (Å²) in [5.74, 6) is -1.56. The van der Waals surface area contributed by atoms with E-state index in [0.29, 0.717) is 37.1 Å². The normalized spacial score (nSPS) is 24.2. The van der Waals surface area contributed by atoms with E-state index in [2.05, 4.69) is 15.9 Å². The maximum absolute atomic E-state index is 13.7. The van der Waals surface area contributed by atoms with Crippen LogP contribution in [0.3, 0.4) is 0 Å². The molecule has 0 saturated carbocycles. The number of ketones is 1.